The summed E-state index contributed by atoms with van der Waals surface area (Å²) in [7, 11) is 0. The fourth-order valence-electron chi connectivity index (χ4n) is 3.17. The van der Waals surface area contributed by atoms with Crippen molar-refractivity contribution in [3.8, 4) is 0 Å². The van der Waals surface area contributed by atoms with Gasteiger partial charge in [-0.3, -0.25) is 4.79 Å². The Morgan fingerprint density at radius 2 is 1.28 bits per heavy atom. The maximum atomic E-state index is 12.0. The van der Waals surface area contributed by atoms with Gasteiger partial charge in [0.25, 0.3) is 0 Å². The van der Waals surface area contributed by atoms with Gasteiger partial charge in [0, 0.05) is 35.0 Å². The summed E-state index contributed by atoms with van der Waals surface area (Å²) in [5.74, 6) is 0.985. The predicted octanol–water partition coefficient (Wildman–Crippen LogP) is 4.16. The molecule has 0 amide bonds. The third-order valence-corrected chi connectivity index (χ3v) is 4.32. The monoisotopic (exact) mass is 299 g/mol. The molecule has 2 rings (SSSR count). The summed E-state index contributed by atoms with van der Waals surface area (Å²) in [6.45, 7) is 0. The molecular formula is C15H24CuO2. The van der Waals surface area contributed by atoms with Crippen LogP contribution in [-0.4, -0.2) is 10.9 Å². The Kier molecular flexibility index (Phi) is 7.03. The topological polar surface area (TPSA) is 37.3 Å². The first kappa shape index (κ1) is 15.8. The number of hydrogen-bond donors (Lipinski definition) is 1. The van der Waals surface area contributed by atoms with Gasteiger partial charge in [0.1, 0.15) is 0 Å². The van der Waals surface area contributed by atoms with E-state index in [4.69, 9.17) is 0 Å². The number of rotatable bonds is 3. The first-order valence-corrected chi connectivity index (χ1v) is 7.22. The second-order valence-electron chi connectivity index (χ2n) is 5.64. The summed E-state index contributed by atoms with van der Waals surface area (Å²) in [4.78, 5) is 12.0. The summed E-state index contributed by atoms with van der Waals surface area (Å²) in [6, 6.07) is 0. The Morgan fingerprint density at radius 3 is 1.78 bits per heavy atom. The van der Waals surface area contributed by atoms with E-state index in [1.54, 1.807) is 6.08 Å². The number of carbonyl (C=O) groups excluding carboxylic acids is 1. The van der Waals surface area contributed by atoms with Crippen molar-refractivity contribution in [3.63, 3.8) is 0 Å². The smallest absolute Gasteiger partial charge is 0.162 e. The number of aliphatic hydroxyl groups excluding tert-OH is 1. The number of carbonyl (C=O) groups is 1. The quantitative estimate of drug-likeness (QED) is 0.483. The fourth-order valence-corrected chi connectivity index (χ4v) is 3.17. The molecule has 2 aliphatic carbocycles. The second-order valence-corrected chi connectivity index (χ2v) is 5.64. The zero-order valence-electron chi connectivity index (χ0n) is 11.0. The standard InChI is InChI=1S/C15H24O2.Cu/c16-14(12-7-3-1-4-8-12)11-15(17)13-9-5-2-6-10-13;/h11-13,16H,1-10H2;/b14-11-;. The van der Waals surface area contributed by atoms with Crippen LogP contribution in [0.15, 0.2) is 11.8 Å². The van der Waals surface area contributed by atoms with Crippen molar-refractivity contribution >= 4 is 5.78 Å². The van der Waals surface area contributed by atoms with Crippen molar-refractivity contribution in [2.24, 2.45) is 11.8 Å². The summed E-state index contributed by atoms with van der Waals surface area (Å²) < 4.78 is 0. The predicted molar refractivity (Wildman–Crippen MR) is 68.9 cm³/mol. The third kappa shape index (κ3) is 4.44. The van der Waals surface area contributed by atoms with E-state index < -0.39 is 0 Å². The molecule has 0 aromatic rings. The first-order valence-electron chi connectivity index (χ1n) is 7.22. The molecule has 0 aliphatic heterocycles. The summed E-state index contributed by atoms with van der Waals surface area (Å²) in [5, 5.41) is 10.0. The van der Waals surface area contributed by atoms with Gasteiger partial charge in [0.05, 0.1) is 5.76 Å². The van der Waals surface area contributed by atoms with Gasteiger partial charge in [-0.2, -0.15) is 0 Å². The summed E-state index contributed by atoms with van der Waals surface area (Å²) in [5.41, 5.74) is 0. The van der Waals surface area contributed by atoms with Gasteiger partial charge in [0.15, 0.2) is 5.78 Å². The van der Waals surface area contributed by atoms with E-state index in [1.807, 2.05) is 0 Å². The van der Waals surface area contributed by atoms with Gasteiger partial charge in [-0.15, -0.1) is 0 Å². The van der Waals surface area contributed by atoms with Crippen molar-refractivity contribution in [2.45, 2.75) is 64.2 Å². The minimum atomic E-state index is 0. The van der Waals surface area contributed by atoms with E-state index in [9.17, 15) is 9.90 Å². The van der Waals surface area contributed by atoms with Crippen LogP contribution >= 0.6 is 0 Å². The Hall–Kier alpha value is -0.271. The van der Waals surface area contributed by atoms with E-state index in [0.717, 1.165) is 25.7 Å². The van der Waals surface area contributed by atoms with Crippen LogP contribution in [0.5, 0.6) is 0 Å². The molecule has 2 saturated carbocycles. The molecule has 0 aromatic heterocycles. The SMILES string of the molecule is O=C(/C=C(\O)C1CCCCC1)C1CCCCC1.[Cu]. The first-order chi connectivity index (χ1) is 8.27. The van der Waals surface area contributed by atoms with Crippen LogP contribution in [0, 0.1) is 11.8 Å². The zero-order chi connectivity index (χ0) is 12.1. The van der Waals surface area contributed by atoms with Gasteiger partial charge < -0.3 is 5.11 Å². The van der Waals surface area contributed by atoms with E-state index in [1.165, 1.54) is 38.5 Å². The summed E-state index contributed by atoms with van der Waals surface area (Å²) in [6.07, 6.45) is 13.0. The molecule has 107 valence electrons. The van der Waals surface area contributed by atoms with Crippen molar-refractivity contribution in [1.29, 1.82) is 0 Å². The fraction of sp³-hybridized carbons (Fsp3) is 0.800. The van der Waals surface area contributed by atoms with Crippen LogP contribution in [0.4, 0.5) is 0 Å². The van der Waals surface area contributed by atoms with Crippen LogP contribution in [0.25, 0.3) is 0 Å². The van der Waals surface area contributed by atoms with Crippen LogP contribution < -0.4 is 0 Å². The van der Waals surface area contributed by atoms with Crippen LogP contribution in [-0.2, 0) is 21.9 Å². The Bertz CT molecular complexity index is 287. The number of allylic oxidation sites excluding steroid dienone is 2. The third-order valence-electron chi connectivity index (χ3n) is 4.32. The molecule has 0 atom stereocenters. The molecule has 0 unspecified atom stereocenters. The average molecular weight is 300 g/mol. The van der Waals surface area contributed by atoms with E-state index in [-0.39, 0.29) is 34.7 Å². The van der Waals surface area contributed by atoms with Gasteiger partial charge in [-0.25, -0.2) is 0 Å². The van der Waals surface area contributed by atoms with Crippen molar-refractivity contribution < 1.29 is 27.0 Å². The van der Waals surface area contributed by atoms with Crippen molar-refractivity contribution in [1.82, 2.24) is 0 Å². The molecule has 3 heteroatoms. The van der Waals surface area contributed by atoms with Crippen LogP contribution in [0.2, 0.25) is 0 Å². The zero-order valence-corrected chi connectivity index (χ0v) is 11.9. The van der Waals surface area contributed by atoms with Crippen molar-refractivity contribution in [3.05, 3.63) is 11.8 Å². The molecule has 0 heterocycles. The molecule has 18 heavy (non-hydrogen) atoms. The van der Waals surface area contributed by atoms with Crippen molar-refractivity contribution in [2.75, 3.05) is 0 Å². The van der Waals surface area contributed by atoms with E-state index >= 15 is 0 Å². The summed E-state index contributed by atoms with van der Waals surface area (Å²) >= 11 is 0. The van der Waals surface area contributed by atoms with E-state index in [2.05, 4.69) is 0 Å². The number of ketones is 1. The maximum Gasteiger partial charge on any atom is 0.162 e. The second kappa shape index (κ2) is 8.01. The van der Waals surface area contributed by atoms with Gasteiger partial charge in [0.2, 0.25) is 0 Å². The minimum absolute atomic E-state index is 0. The number of hydrogen-bond acceptors (Lipinski definition) is 2. The largest absolute Gasteiger partial charge is 0.512 e. The normalized spacial score (nSPS) is 23.4. The number of aliphatic hydroxyl groups is 1. The van der Waals surface area contributed by atoms with Crippen LogP contribution in [0.3, 0.4) is 0 Å². The van der Waals surface area contributed by atoms with Crippen LogP contribution in [0.1, 0.15) is 64.2 Å². The molecule has 2 aliphatic rings. The molecular weight excluding hydrogens is 276 g/mol. The van der Waals surface area contributed by atoms with E-state index in [0.29, 0.717) is 5.76 Å². The molecule has 0 saturated heterocycles. The Morgan fingerprint density at radius 1 is 0.833 bits per heavy atom. The molecule has 0 aromatic carbocycles. The molecule has 0 spiro atoms. The Balaban J connectivity index is 0.00000162. The van der Waals surface area contributed by atoms with Gasteiger partial charge in [-0.05, 0) is 25.7 Å². The molecule has 2 fully saturated rings. The van der Waals surface area contributed by atoms with Gasteiger partial charge >= 0.3 is 0 Å². The van der Waals surface area contributed by atoms with Gasteiger partial charge in [-0.1, -0.05) is 38.5 Å². The molecule has 1 radical (unpaired) electrons. The molecule has 0 bridgehead atoms. The molecule has 1 N–H and O–H groups in total. The minimum Gasteiger partial charge on any atom is -0.512 e. The Labute approximate surface area is 121 Å². The average Bonchev–Trinajstić information content (AvgIpc) is 2.40. The maximum absolute atomic E-state index is 12.0. The molecule has 2 nitrogen and oxygen atoms in total.